The molecule has 1 atom stereocenters. The van der Waals surface area contributed by atoms with Crippen molar-refractivity contribution in [2.75, 3.05) is 31.1 Å². The van der Waals surface area contributed by atoms with Crippen LogP contribution in [0.2, 0.25) is 0 Å². The van der Waals surface area contributed by atoms with E-state index in [1.54, 1.807) is 17.4 Å². The Balaban J connectivity index is 1.58. The van der Waals surface area contributed by atoms with E-state index in [-0.39, 0.29) is 11.6 Å². The highest BCUT2D eigenvalue weighted by atomic mass is 32.1. The average molecular weight is 465 g/mol. The number of anilines is 1. The molecule has 3 heterocycles. The summed E-state index contributed by atoms with van der Waals surface area (Å²) in [5.74, 6) is 0.798. The van der Waals surface area contributed by atoms with Gasteiger partial charge in [-0.05, 0) is 60.3 Å². The number of benzene rings is 1. The van der Waals surface area contributed by atoms with Crippen molar-refractivity contribution >= 4 is 17.0 Å². The molecule has 0 amide bonds. The van der Waals surface area contributed by atoms with Crippen molar-refractivity contribution in [2.45, 2.75) is 44.9 Å². The summed E-state index contributed by atoms with van der Waals surface area (Å²) in [5, 5.41) is 14.7. The molecule has 0 bridgehead atoms. The summed E-state index contributed by atoms with van der Waals surface area (Å²) in [4.78, 5) is 5.49. The van der Waals surface area contributed by atoms with Gasteiger partial charge in [0.25, 0.3) is 0 Å². The number of alkyl halides is 3. The summed E-state index contributed by atoms with van der Waals surface area (Å²) < 4.78 is 41.3. The van der Waals surface area contributed by atoms with Gasteiger partial charge < -0.3 is 4.90 Å². The maximum absolute atomic E-state index is 13.1. The molecule has 10 heteroatoms. The topological polar surface area (TPSA) is 50.1 Å². The average Bonchev–Trinajstić information content (AvgIpc) is 3.47. The molecule has 6 nitrogen and oxygen atoms in total. The Morgan fingerprint density at radius 2 is 1.81 bits per heavy atom. The predicted octanol–water partition coefficient (Wildman–Crippen LogP) is 4.81. The number of hydrogen-bond donors (Lipinski definition) is 0. The molecule has 4 rings (SSSR count). The number of aromatic nitrogens is 4. The molecule has 1 saturated heterocycles. The molecule has 0 N–H and O–H groups in total. The summed E-state index contributed by atoms with van der Waals surface area (Å²) in [6.45, 7) is 8.98. The summed E-state index contributed by atoms with van der Waals surface area (Å²) >= 11 is 1.66. The minimum Gasteiger partial charge on any atom is -0.369 e. The SMILES string of the molecule is CCC(C)(C)n1nnnc1[C@@H](c1cccs1)N1CCN(c2cccc(C(F)(F)F)c2)CC1. The summed E-state index contributed by atoms with van der Waals surface area (Å²) in [6.07, 6.45) is -3.46. The molecule has 0 spiro atoms. The van der Waals surface area contributed by atoms with Crippen LogP contribution >= 0.6 is 11.3 Å². The Morgan fingerprint density at radius 1 is 1.06 bits per heavy atom. The second-order valence-corrected chi connectivity index (χ2v) is 9.58. The van der Waals surface area contributed by atoms with E-state index in [1.165, 1.54) is 12.1 Å². The van der Waals surface area contributed by atoms with Crippen LogP contribution in [0.3, 0.4) is 0 Å². The van der Waals surface area contributed by atoms with E-state index >= 15 is 0 Å². The highest BCUT2D eigenvalue weighted by molar-refractivity contribution is 7.10. The van der Waals surface area contributed by atoms with Crippen molar-refractivity contribution in [3.8, 4) is 0 Å². The molecule has 1 aromatic carbocycles. The first-order chi connectivity index (χ1) is 15.2. The summed E-state index contributed by atoms with van der Waals surface area (Å²) in [7, 11) is 0. The number of nitrogens with zero attached hydrogens (tertiary/aromatic N) is 6. The molecular formula is C22H27F3N6S. The zero-order valence-electron chi connectivity index (χ0n) is 18.4. The lowest BCUT2D eigenvalue weighted by atomic mass is 10.0. The van der Waals surface area contributed by atoms with E-state index in [1.807, 2.05) is 21.0 Å². The first-order valence-electron chi connectivity index (χ1n) is 10.7. The summed E-state index contributed by atoms with van der Waals surface area (Å²) in [6, 6.07) is 9.57. The fourth-order valence-corrected chi connectivity index (χ4v) is 4.83. The molecule has 1 fully saturated rings. The van der Waals surface area contributed by atoms with Crippen LogP contribution in [0.25, 0.3) is 0 Å². The molecule has 1 aliphatic heterocycles. The number of halogens is 3. The number of tetrazole rings is 1. The quantitative estimate of drug-likeness (QED) is 0.524. The maximum atomic E-state index is 13.1. The van der Waals surface area contributed by atoms with Crippen LogP contribution in [-0.4, -0.2) is 51.3 Å². The number of piperazine rings is 1. The van der Waals surface area contributed by atoms with Crippen LogP contribution in [0.15, 0.2) is 41.8 Å². The zero-order valence-corrected chi connectivity index (χ0v) is 19.2. The lowest BCUT2D eigenvalue weighted by Gasteiger charge is -2.40. The smallest absolute Gasteiger partial charge is 0.369 e. The standard InChI is InChI=1S/C22H27F3N6S/c1-4-21(2,3)31-20(26-27-28-31)19(18-9-6-14-32-18)30-12-10-29(11-13-30)17-8-5-7-16(15-17)22(23,24)25/h5-9,14-15,19H,4,10-13H2,1-3H3/t19-/m1/s1. The van der Waals surface area contributed by atoms with Gasteiger partial charge in [-0.1, -0.05) is 19.1 Å². The highest BCUT2D eigenvalue weighted by Gasteiger charge is 2.35. The van der Waals surface area contributed by atoms with Gasteiger partial charge in [0.15, 0.2) is 5.82 Å². The molecular weight excluding hydrogens is 437 g/mol. The lowest BCUT2D eigenvalue weighted by molar-refractivity contribution is -0.137. The summed E-state index contributed by atoms with van der Waals surface area (Å²) in [5.41, 5.74) is -0.243. The highest BCUT2D eigenvalue weighted by Crippen LogP contribution is 2.35. The molecule has 3 aromatic rings. The van der Waals surface area contributed by atoms with Crippen LogP contribution in [0.4, 0.5) is 18.9 Å². The maximum Gasteiger partial charge on any atom is 0.416 e. The van der Waals surface area contributed by atoms with Gasteiger partial charge in [-0.25, -0.2) is 4.68 Å². The first-order valence-corrected chi connectivity index (χ1v) is 11.6. The van der Waals surface area contributed by atoms with E-state index in [2.05, 4.69) is 47.3 Å². The van der Waals surface area contributed by atoms with Gasteiger partial charge in [0.1, 0.15) is 6.04 Å². The number of hydrogen-bond acceptors (Lipinski definition) is 6. The van der Waals surface area contributed by atoms with Crippen molar-refractivity contribution in [1.82, 2.24) is 25.1 Å². The van der Waals surface area contributed by atoms with Crippen molar-refractivity contribution in [3.63, 3.8) is 0 Å². The van der Waals surface area contributed by atoms with Crippen LogP contribution in [0.5, 0.6) is 0 Å². The van der Waals surface area contributed by atoms with Crippen molar-refractivity contribution < 1.29 is 13.2 Å². The molecule has 0 aliphatic carbocycles. The van der Waals surface area contributed by atoms with Gasteiger partial charge in [-0.15, -0.1) is 16.4 Å². The van der Waals surface area contributed by atoms with E-state index < -0.39 is 11.7 Å². The Labute approximate surface area is 189 Å². The molecule has 172 valence electrons. The van der Waals surface area contributed by atoms with Crippen molar-refractivity contribution in [1.29, 1.82) is 0 Å². The third-order valence-corrected chi connectivity index (χ3v) is 7.13. The lowest BCUT2D eigenvalue weighted by Crippen LogP contribution is -2.48. The van der Waals surface area contributed by atoms with E-state index in [4.69, 9.17) is 0 Å². The minimum absolute atomic E-state index is 0.0977. The van der Waals surface area contributed by atoms with Gasteiger partial charge in [0, 0.05) is 36.7 Å². The van der Waals surface area contributed by atoms with Gasteiger partial charge >= 0.3 is 6.18 Å². The monoisotopic (exact) mass is 464 g/mol. The molecule has 0 radical (unpaired) electrons. The second kappa shape index (κ2) is 8.82. The largest absolute Gasteiger partial charge is 0.416 e. The van der Waals surface area contributed by atoms with Gasteiger partial charge in [0.05, 0.1) is 11.1 Å². The molecule has 0 unspecified atom stereocenters. The van der Waals surface area contributed by atoms with Crippen molar-refractivity contribution in [3.05, 3.63) is 58.0 Å². The number of thiophene rings is 1. The zero-order chi connectivity index (χ0) is 22.9. The van der Waals surface area contributed by atoms with E-state index in [9.17, 15) is 13.2 Å². The molecule has 1 aliphatic rings. The van der Waals surface area contributed by atoms with E-state index in [0.717, 1.165) is 23.2 Å². The van der Waals surface area contributed by atoms with E-state index in [0.29, 0.717) is 31.9 Å². The van der Waals surface area contributed by atoms with Crippen LogP contribution in [-0.2, 0) is 11.7 Å². The Kier molecular flexibility index (Phi) is 6.26. The van der Waals surface area contributed by atoms with Crippen LogP contribution < -0.4 is 4.90 Å². The number of rotatable bonds is 6. The van der Waals surface area contributed by atoms with Crippen LogP contribution in [0.1, 0.15) is 49.5 Å². The van der Waals surface area contributed by atoms with Gasteiger partial charge in [0.2, 0.25) is 0 Å². The Hall–Kier alpha value is -2.46. The van der Waals surface area contributed by atoms with Crippen molar-refractivity contribution in [2.24, 2.45) is 0 Å². The minimum atomic E-state index is -4.34. The molecule has 32 heavy (non-hydrogen) atoms. The first kappa shape index (κ1) is 22.7. The fourth-order valence-electron chi connectivity index (χ4n) is 3.98. The normalized spacial score (nSPS) is 17.0. The van der Waals surface area contributed by atoms with Gasteiger partial charge in [-0.2, -0.15) is 13.2 Å². The third kappa shape index (κ3) is 4.52. The third-order valence-electron chi connectivity index (χ3n) is 6.21. The fraction of sp³-hybridized carbons (Fsp3) is 0.500. The second-order valence-electron chi connectivity index (χ2n) is 8.60. The Bertz CT molecular complexity index is 1020. The molecule has 2 aromatic heterocycles. The Morgan fingerprint density at radius 3 is 2.44 bits per heavy atom. The van der Waals surface area contributed by atoms with Gasteiger partial charge in [-0.3, -0.25) is 4.90 Å². The van der Waals surface area contributed by atoms with Crippen LogP contribution in [0, 0.1) is 0 Å². The predicted molar refractivity (Wildman–Crippen MR) is 119 cm³/mol. The molecule has 0 saturated carbocycles.